The summed E-state index contributed by atoms with van der Waals surface area (Å²) >= 11 is 0. The zero-order valence-electron chi connectivity index (χ0n) is 9.33. The van der Waals surface area contributed by atoms with Gasteiger partial charge in [0, 0.05) is 29.9 Å². The summed E-state index contributed by atoms with van der Waals surface area (Å²) in [7, 11) is 0. The first-order chi connectivity index (χ1) is 7.19. The summed E-state index contributed by atoms with van der Waals surface area (Å²) in [4.78, 5) is 8.86. The van der Waals surface area contributed by atoms with Gasteiger partial charge in [-0.05, 0) is 32.8 Å². The average molecular weight is 206 g/mol. The Balaban J connectivity index is 2.15. The Bertz CT molecular complexity index is 346. The van der Waals surface area contributed by atoms with E-state index in [1.54, 1.807) is 0 Å². The van der Waals surface area contributed by atoms with Gasteiger partial charge in [-0.3, -0.25) is 0 Å². The summed E-state index contributed by atoms with van der Waals surface area (Å²) in [5.41, 5.74) is 7.75. The van der Waals surface area contributed by atoms with Crippen molar-refractivity contribution >= 4 is 5.95 Å². The smallest absolute Gasteiger partial charge is 0.223 e. The summed E-state index contributed by atoms with van der Waals surface area (Å²) in [6, 6.07) is 2.30. The van der Waals surface area contributed by atoms with Gasteiger partial charge < -0.3 is 11.1 Å². The Kier molecular flexibility index (Phi) is 2.86. The van der Waals surface area contributed by atoms with E-state index in [0.717, 1.165) is 11.6 Å². The molecule has 1 aromatic heterocycles. The first-order valence-electron chi connectivity index (χ1n) is 5.51. The molecule has 0 amide bonds. The Hall–Kier alpha value is -1.16. The number of nitrogens with zero attached hydrogens (tertiary/aromatic N) is 2. The van der Waals surface area contributed by atoms with Gasteiger partial charge in [0.25, 0.3) is 0 Å². The zero-order valence-corrected chi connectivity index (χ0v) is 9.33. The van der Waals surface area contributed by atoms with Crippen LogP contribution in [0.15, 0.2) is 6.07 Å². The topological polar surface area (TPSA) is 63.8 Å². The van der Waals surface area contributed by atoms with Crippen molar-refractivity contribution in [2.45, 2.75) is 38.6 Å². The molecule has 1 atom stereocenters. The predicted octanol–water partition coefficient (Wildman–Crippen LogP) is 1.42. The van der Waals surface area contributed by atoms with Crippen molar-refractivity contribution < 1.29 is 0 Å². The second kappa shape index (κ2) is 4.14. The largest absolute Gasteiger partial charge is 0.350 e. The fraction of sp³-hybridized carbons (Fsp3) is 0.636. The molecule has 15 heavy (non-hydrogen) atoms. The van der Waals surface area contributed by atoms with Crippen LogP contribution < -0.4 is 11.1 Å². The minimum atomic E-state index is 0.221. The highest BCUT2D eigenvalue weighted by Gasteiger charge is 2.25. The molecule has 1 fully saturated rings. The number of anilines is 1. The molecule has 0 spiro atoms. The van der Waals surface area contributed by atoms with Crippen LogP contribution in [0, 0.1) is 6.92 Å². The summed E-state index contributed by atoms with van der Waals surface area (Å²) in [6.45, 7) is 4.63. The fourth-order valence-corrected chi connectivity index (χ4v) is 1.52. The first kappa shape index (κ1) is 10.4. The van der Waals surface area contributed by atoms with E-state index in [1.807, 2.05) is 13.8 Å². The van der Waals surface area contributed by atoms with Gasteiger partial charge in [0.05, 0.1) is 0 Å². The molecule has 1 saturated carbocycles. The van der Waals surface area contributed by atoms with Crippen molar-refractivity contribution in [2.24, 2.45) is 5.73 Å². The summed E-state index contributed by atoms with van der Waals surface area (Å²) in [5.74, 6) is 1.38. The van der Waals surface area contributed by atoms with E-state index in [4.69, 9.17) is 5.73 Å². The molecule has 82 valence electrons. The molecular formula is C11H18N4. The number of hydrogen-bond donors (Lipinski definition) is 2. The van der Waals surface area contributed by atoms with Gasteiger partial charge in [-0.2, -0.15) is 0 Å². The van der Waals surface area contributed by atoms with E-state index in [0.29, 0.717) is 12.5 Å². The van der Waals surface area contributed by atoms with Crippen LogP contribution in [0.4, 0.5) is 5.95 Å². The van der Waals surface area contributed by atoms with Crippen LogP contribution in [0.25, 0.3) is 0 Å². The lowest BCUT2D eigenvalue weighted by Gasteiger charge is -2.12. The van der Waals surface area contributed by atoms with Gasteiger partial charge in [0.15, 0.2) is 0 Å². The van der Waals surface area contributed by atoms with Crippen LogP contribution >= 0.6 is 0 Å². The molecule has 1 unspecified atom stereocenters. The lowest BCUT2D eigenvalue weighted by atomic mass is 10.2. The van der Waals surface area contributed by atoms with E-state index in [2.05, 4.69) is 21.4 Å². The molecule has 1 aliphatic carbocycles. The molecule has 1 heterocycles. The number of rotatable bonds is 4. The summed E-state index contributed by atoms with van der Waals surface area (Å²) in [5, 5.41) is 3.21. The predicted molar refractivity (Wildman–Crippen MR) is 60.9 cm³/mol. The lowest BCUT2D eigenvalue weighted by Crippen LogP contribution is -2.26. The first-order valence-corrected chi connectivity index (χ1v) is 5.51. The van der Waals surface area contributed by atoms with Crippen molar-refractivity contribution in [3.05, 3.63) is 17.5 Å². The van der Waals surface area contributed by atoms with Crippen molar-refractivity contribution in [3.8, 4) is 0 Å². The molecule has 1 aliphatic rings. The quantitative estimate of drug-likeness (QED) is 0.782. The van der Waals surface area contributed by atoms with Crippen LogP contribution in [0.2, 0.25) is 0 Å². The maximum atomic E-state index is 5.55. The van der Waals surface area contributed by atoms with Crippen molar-refractivity contribution in [2.75, 3.05) is 11.9 Å². The maximum absolute atomic E-state index is 5.55. The van der Waals surface area contributed by atoms with Gasteiger partial charge in [-0.15, -0.1) is 0 Å². The minimum Gasteiger partial charge on any atom is -0.350 e. The van der Waals surface area contributed by atoms with Crippen LogP contribution in [0.5, 0.6) is 0 Å². The zero-order chi connectivity index (χ0) is 10.8. The van der Waals surface area contributed by atoms with E-state index in [1.165, 1.54) is 18.5 Å². The number of aryl methyl sites for hydroxylation is 1. The number of hydrogen-bond acceptors (Lipinski definition) is 4. The molecule has 2 rings (SSSR count). The number of nitrogens with one attached hydrogen (secondary N) is 1. The molecule has 0 aromatic carbocycles. The molecule has 0 aliphatic heterocycles. The second-order valence-corrected chi connectivity index (χ2v) is 4.31. The van der Waals surface area contributed by atoms with Crippen molar-refractivity contribution in [1.29, 1.82) is 0 Å². The van der Waals surface area contributed by atoms with Gasteiger partial charge >= 0.3 is 0 Å². The monoisotopic (exact) mass is 206 g/mol. The molecular weight excluding hydrogens is 188 g/mol. The SMILES string of the molecule is Cc1cc(C2CC2)nc(NC(C)CN)n1. The van der Waals surface area contributed by atoms with Crippen molar-refractivity contribution in [1.82, 2.24) is 9.97 Å². The Labute approximate surface area is 90.3 Å². The molecule has 1 aromatic rings. The molecule has 0 radical (unpaired) electrons. The third kappa shape index (κ3) is 2.65. The molecule has 3 N–H and O–H groups in total. The van der Waals surface area contributed by atoms with Crippen molar-refractivity contribution in [3.63, 3.8) is 0 Å². The highest BCUT2D eigenvalue weighted by Crippen LogP contribution is 2.39. The fourth-order valence-electron chi connectivity index (χ4n) is 1.52. The lowest BCUT2D eigenvalue weighted by molar-refractivity contribution is 0.784. The van der Waals surface area contributed by atoms with Gasteiger partial charge in [0.1, 0.15) is 0 Å². The van der Waals surface area contributed by atoms with E-state index in [-0.39, 0.29) is 6.04 Å². The second-order valence-electron chi connectivity index (χ2n) is 4.31. The van der Waals surface area contributed by atoms with E-state index >= 15 is 0 Å². The summed E-state index contributed by atoms with van der Waals surface area (Å²) in [6.07, 6.45) is 2.53. The molecule has 0 bridgehead atoms. The molecule has 4 nitrogen and oxygen atoms in total. The number of nitrogens with two attached hydrogens (primary N) is 1. The Morgan fingerprint density at radius 1 is 1.53 bits per heavy atom. The Morgan fingerprint density at radius 2 is 2.27 bits per heavy atom. The van der Waals surface area contributed by atoms with Gasteiger partial charge in [-0.1, -0.05) is 0 Å². The summed E-state index contributed by atoms with van der Waals surface area (Å²) < 4.78 is 0. The van der Waals surface area contributed by atoms with Gasteiger partial charge in [-0.25, -0.2) is 9.97 Å². The molecule has 4 heteroatoms. The Morgan fingerprint density at radius 3 is 2.87 bits per heavy atom. The van der Waals surface area contributed by atoms with Crippen LogP contribution in [-0.2, 0) is 0 Å². The van der Waals surface area contributed by atoms with Crippen LogP contribution in [0.3, 0.4) is 0 Å². The standard InChI is InChI=1S/C11H18N4/c1-7-5-10(9-3-4-9)15-11(13-7)14-8(2)6-12/h5,8-9H,3-4,6,12H2,1-2H3,(H,13,14,15). The number of aromatic nitrogens is 2. The normalized spacial score (nSPS) is 17.5. The highest BCUT2D eigenvalue weighted by atomic mass is 15.1. The van der Waals surface area contributed by atoms with E-state index in [9.17, 15) is 0 Å². The minimum absolute atomic E-state index is 0.221. The van der Waals surface area contributed by atoms with E-state index < -0.39 is 0 Å². The maximum Gasteiger partial charge on any atom is 0.223 e. The highest BCUT2D eigenvalue weighted by molar-refractivity contribution is 5.31. The van der Waals surface area contributed by atoms with Crippen LogP contribution in [0.1, 0.15) is 37.1 Å². The van der Waals surface area contributed by atoms with Gasteiger partial charge in [0.2, 0.25) is 5.95 Å². The third-order valence-corrected chi connectivity index (χ3v) is 2.60. The van der Waals surface area contributed by atoms with Crippen LogP contribution in [-0.4, -0.2) is 22.6 Å². The third-order valence-electron chi connectivity index (χ3n) is 2.60. The molecule has 0 saturated heterocycles. The average Bonchev–Trinajstić information content (AvgIpc) is 2.99.